The van der Waals surface area contributed by atoms with Crippen LogP contribution in [-0.2, 0) is 9.59 Å². The molecule has 0 bridgehead atoms. The molecule has 23 heavy (non-hydrogen) atoms. The second-order valence-corrected chi connectivity index (χ2v) is 6.51. The average Bonchev–Trinajstić information content (AvgIpc) is 2.61. The van der Waals surface area contributed by atoms with Gasteiger partial charge in [-0.2, -0.15) is 0 Å². The van der Waals surface area contributed by atoms with Gasteiger partial charge in [-0.05, 0) is 17.7 Å². The highest BCUT2D eigenvalue weighted by molar-refractivity contribution is 8.00. The first-order chi connectivity index (χ1) is 11.2. The van der Waals surface area contributed by atoms with Gasteiger partial charge in [-0.1, -0.05) is 48.5 Å². The van der Waals surface area contributed by atoms with E-state index in [-0.39, 0.29) is 23.6 Å². The summed E-state index contributed by atoms with van der Waals surface area (Å²) in [6.45, 7) is 1.21. The van der Waals surface area contributed by atoms with Crippen LogP contribution in [0.2, 0.25) is 0 Å². The van der Waals surface area contributed by atoms with Crippen molar-refractivity contribution in [2.75, 3.05) is 19.6 Å². The second kappa shape index (κ2) is 7.33. The zero-order chi connectivity index (χ0) is 16.1. The van der Waals surface area contributed by atoms with Gasteiger partial charge in [0.1, 0.15) is 5.25 Å². The van der Waals surface area contributed by atoms with E-state index in [4.69, 9.17) is 0 Å². The standard InChI is InChI=1S/C18H18N2O2S/c21-16-13-20(12-11-19-16)18(22)17(14-7-3-1-4-8-14)23-15-9-5-2-6-10-15/h1-10,17H,11-13H2,(H,19,21)/t17-/m0/s1. The highest BCUT2D eigenvalue weighted by Crippen LogP contribution is 2.36. The number of amides is 2. The zero-order valence-corrected chi connectivity index (χ0v) is 13.5. The Morgan fingerprint density at radius 1 is 1.04 bits per heavy atom. The van der Waals surface area contributed by atoms with Gasteiger partial charge in [-0.15, -0.1) is 11.8 Å². The van der Waals surface area contributed by atoms with Crippen LogP contribution < -0.4 is 5.32 Å². The molecule has 2 aromatic rings. The summed E-state index contributed by atoms with van der Waals surface area (Å²) in [5.41, 5.74) is 0.956. The van der Waals surface area contributed by atoms with E-state index in [1.807, 2.05) is 60.7 Å². The number of thioether (sulfide) groups is 1. The maximum atomic E-state index is 13.0. The van der Waals surface area contributed by atoms with Gasteiger partial charge in [0.2, 0.25) is 11.8 Å². The maximum absolute atomic E-state index is 13.0. The van der Waals surface area contributed by atoms with E-state index in [1.165, 1.54) is 11.8 Å². The van der Waals surface area contributed by atoms with Crippen LogP contribution in [0, 0.1) is 0 Å². The molecule has 5 heteroatoms. The van der Waals surface area contributed by atoms with Crippen molar-refractivity contribution in [1.29, 1.82) is 0 Å². The number of carbonyl (C=O) groups excluding carboxylic acids is 2. The number of hydrogen-bond donors (Lipinski definition) is 1. The van der Waals surface area contributed by atoms with Crippen LogP contribution in [0.1, 0.15) is 10.8 Å². The summed E-state index contributed by atoms with van der Waals surface area (Å²) in [6, 6.07) is 19.6. The molecule has 3 rings (SSSR count). The predicted molar refractivity (Wildman–Crippen MR) is 91.1 cm³/mol. The largest absolute Gasteiger partial charge is 0.353 e. The monoisotopic (exact) mass is 326 g/mol. The van der Waals surface area contributed by atoms with Gasteiger partial charge in [-0.3, -0.25) is 9.59 Å². The first-order valence-electron chi connectivity index (χ1n) is 7.56. The van der Waals surface area contributed by atoms with Crippen LogP contribution in [0.3, 0.4) is 0 Å². The molecule has 4 nitrogen and oxygen atoms in total. The van der Waals surface area contributed by atoms with Crippen LogP contribution >= 0.6 is 11.8 Å². The summed E-state index contributed by atoms with van der Waals surface area (Å²) in [5.74, 6) is -0.110. The minimum Gasteiger partial charge on any atom is -0.353 e. The quantitative estimate of drug-likeness (QED) is 0.878. The molecule has 0 unspecified atom stereocenters. The minimum atomic E-state index is -0.343. The Morgan fingerprint density at radius 3 is 2.35 bits per heavy atom. The predicted octanol–water partition coefficient (Wildman–Crippen LogP) is 2.48. The van der Waals surface area contributed by atoms with Gasteiger partial charge in [0, 0.05) is 18.0 Å². The van der Waals surface area contributed by atoms with Crippen LogP contribution in [0.5, 0.6) is 0 Å². The smallest absolute Gasteiger partial charge is 0.241 e. The topological polar surface area (TPSA) is 49.4 Å². The molecule has 0 aromatic heterocycles. The molecule has 2 amide bonds. The molecule has 1 N–H and O–H groups in total. The molecule has 1 saturated heterocycles. The van der Waals surface area contributed by atoms with E-state index < -0.39 is 0 Å². The van der Waals surface area contributed by atoms with Crippen molar-refractivity contribution in [3.05, 3.63) is 66.2 Å². The van der Waals surface area contributed by atoms with Gasteiger partial charge in [0.15, 0.2) is 0 Å². The first kappa shape index (κ1) is 15.6. The Labute approximate surface area is 139 Å². The molecule has 1 atom stereocenters. The fraction of sp³-hybridized carbons (Fsp3) is 0.222. The minimum absolute atomic E-state index is 0.0140. The summed E-state index contributed by atoms with van der Waals surface area (Å²) in [7, 11) is 0. The highest BCUT2D eigenvalue weighted by Gasteiger charge is 2.29. The number of hydrogen-bond acceptors (Lipinski definition) is 3. The fourth-order valence-electron chi connectivity index (χ4n) is 2.52. The number of carbonyl (C=O) groups is 2. The Hall–Kier alpha value is -2.27. The van der Waals surface area contributed by atoms with E-state index in [2.05, 4.69) is 5.32 Å². The van der Waals surface area contributed by atoms with E-state index in [0.29, 0.717) is 13.1 Å². The molecule has 118 valence electrons. The third-order valence-electron chi connectivity index (χ3n) is 3.67. The molecule has 1 heterocycles. The average molecular weight is 326 g/mol. The highest BCUT2D eigenvalue weighted by atomic mass is 32.2. The zero-order valence-electron chi connectivity index (χ0n) is 12.6. The van der Waals surface area contributed by atoms with E-state index in [0.717, 1.165) is 10.5 Å². The van der Waals surface area contributed by atoms with Crippen LogP contribution in [-0.4, -0.2) is 36.3 Å². The molecular formula is C18H18N2O2S. The second-order valence-electron chi connectivity index (χ2n) is 5.33. The molecule has 0 aliphatic carbocycles. The third-order valence-corrected chi connectivity index (χ3v) is 4.93. The van der Waals surface area contributed by atoms with Gasteiger partial charge >= 0.3 is 0 Å². The van der Waals surface area contributed by atoms with Crippen LogP contribution in [0.25, 0.3) is 0 Å². The van der Waals surface area contributed by atoms with Crippen molar-refractivity contribution >= 4 is 23.6 Å². The lowest BCUT2D eigenvalue weighted by molar-refractivity contribution is -0.137. The Balaban J connectivity index is 1.85. The van der Waals surface area contributed by atoms with Gasteiger partial charge in [0.25, 0.3) is 0 Å². The first-order valence-corrected chi connectivity index (χ1v) is 8.44. The maximum Gasteiger partial charge on any atom is 0.241 e. The molecule has 2 aromatic carbocycles. The van der Waals surface area contributed by atoms with Crippen molar-refractivity contribution in [2.45, 2.75) is 10.1 Å². The summed E-state index contributed by atoms with van der Waals surface area (Å²) >= 11 is 1.52. The third kappa shape index (κ3) is 3.93. The van der Waals surface area contributed by atoms with Crippen LogP contribution in [0.4, 0.5) is 0 Å². The number of benzene rings is 2. The Kier molecular flexibility index (Phi) is 4.98. The number of nitrogens with one attached hydrogen (secondary N) is 1. The van der Waals surface area contributed by atoms with Crippen molar-refractivity contribution < 1.29 is 9.59 Å². The normalized spacial score (nSPS) is 15.8. The van der Waals surface area contributed by atoms with Crippen molar-refractivity contribution in [2.24, 2.45) is 0 Å². The molecular weight excluding hydrogens is 308 g/mol. The van der Waals surface area contributed by atoms with E-state index in [1.54, 1.807) is 4.90 Å². The van der Waals surface area contributed by atoms with Gasteiger partial charge < -0.3 is 10.2 Å². The number of nitrogens with zero attached hydrogens (tertiary/aromatic N) is 1. The van der Waals surface area contributed by atoms with Gasteiger partial charge in [0.05, 0.1) is 6.54 Å². The summed E-state index contributed by atoms with van der Waals surface area (Å²) in [4.78, 5) is 27.2. The number of rotatable bonds is 4. The summed E-state index contributed by atoms with van der Waals surface area (Å²) < 4.78 is 0. The van der Waals surface area contributed by atoms with Crippen molar-refractivity contribution in [3.63, 3.8) is 0 Å². The molecule has 1 fully saturated rings. The Bertz CT molecular complexity index is 676. The molecule has 0 saturated carbocycles. The molecule has 0 spiro atoms. The fourth-order valence-corrected chi connectivity index (χ4v) is 3.65. The molecule has 0 radical (unpaired) electrons. The van der Waals surface area contributed by atoms with Crippen molar-refractivity contribution in [1.82, 2.24) is 10.2 Å². The number of piperazine rings is 1. The van der Waals surface area contributed by atoms with Gasteiger partial charge in [-0.25, -0.2) is 0 Å². The summed E-state index contributed by atoms with van der Waals surface area (Å²) in [6.07, 6.45) is 0. The lowest BCUT2D eigenvalue weighted by Gasteiger charge is -2.30. The molecule has 1 aliphatic rings. The summed E-state index contributed by atoms with van der Waals surface area (Å²) in [5, 5.41) is 2.41. The SMILES string of the molecule is O=C1CN(C(=O)[C@@H](Sc2ccccc2)c2ccccc2)CCN1. The van der Waals surface area contributed by atoms with Crippen LogP contribution in [0.15, 0.2) is 65.6 Å². The van der Waals surface area contributed by atoms with Crippen molar-refractivity contribution in [3.8, 4) is 0 Å². The Morgan fingerprint density at radius 2 is 1.70 bits per heavy atom. The van der Waals surface area contributed by atoms with E-state index >= 15 is 0 Å². The lowest BCUT2D eigenvalue weighted by atomic mass is 10.1. The lowest BCUT2D eigenvalue weighted by Crippen LogP contribution is -2.50. The molecule has 1 aliphatic heterocycles. The van der Waals surface area contributed by atoms with E-state index in [9.17, 15) is 9.59 Å².